The number of aromatic nitrogens is 3. The van der Waals surface area contributed by atoms with E-state index in [1.54, 1.807) is 23.1 Å². The van der Waals surface area contributed by atoms with E-state index in [-0.39, 0.29) is 5.91 Å². The van der Waals surface area contributed by atoms with Crippen molar-refractivity contribution in [3.8, 4) is 0 Å². The van der Waals surface area contributed by atoms with Gasteiger partial charge in [-0.15, -0.1) is 23.1 Å². The molecule has 5 nitrogen and oxygen atoms in total. The number of aryl methyl sites for hydroxylation is 1. The van der Waals surface area contributed by atoms with Crippen LogP contribution >= 0.6 is 23.1 Å². The van der Waals surface area contributed by atoms with E-state index in [9.17, 15) is 4.79 Å². The minimum Gasteiger partial charge on any atom is -0.342 e. The van der Waals surface area contributed by atoms with Gasteiger partial charge in [-0.05, 0) is 49.4 Å². The number of rotatable bonds is 5. The Kier molecular flexibility index (Phi) is 4.73. The van der Waals surface area contributed by atoms with Gasteiger partial charge in [0.1, 0.15) is 5.82 Å². The number of carbonyl (C=O) groups excluding carboxylic acids is 1. The van der Waals surface area contributed by atoms with Crippen LogP contribution in [-0.2, 0) is 5.75 Å². The van der Waals surface area contributed by atoms with Gasteiger partial charge < -0.3 is 10.3 Å². The number of anilines is 1. The van der Waals surface area contributed by atoms with Gasteiger partial charge in [-0.25, -0.2) is 9.97 Å². The number of H-pyrrole nitrogens is 1. The number of fused-ring (bicyclic) bond motifs is 1. The summed E-state index contributed by atoms with van der Waals surface area (Å²) in [6.07, 6.45) is 0. The number of nitrogens with zero attached hydrogens (tertiary/aromatic N) is 2. The van der Waals surface area contributed by atoms with Gasteiger partial charge >= 0.3 is 0 Å². The van der Waals surface area contributed by atoms with Gasteiger partial charge in [0, 0.05) is 27.3 Å². The lowest BCUT2D eigenvalue weighted by atomic mass is 10.2. The highest BCUT2D eigenvalue weighted by molar-refractivity contribution is 7.98. The SMILES string of the molecule is Cc1nc2ccc(NC(=O)c3ccc(SCc4cscn4)cc3)cc2[nH]1. The molecular formula is C19H16N4OS2. The fraction of sp³-hybridized carbons (Fsp3) is 0.105. The highest BCUT2D eigenvalue weighted by Crippen LogP contribution is 2.23. The van der Waals surface area contributed by atoms with Crippen LogP contribution in [0.25, 0.3) is 11.0 Å². The smallest absolute Gasteiger partial charge is 0.255 e. The Morgan fingerprint density at radius 2 is 2.08 bits per heavy atom. The molecule has 0 atom stereocenters. The zero-order chi connectivity index (χ0) is 17.9. The van der Waals surface area contributed by atoms with Crippen LogP contribution < -0.4 is 5.32 Å². The van der Waals surface area contributed by atoms with Crippen molar-refractivity contribution < 1.29 is 4.79 Å². The first-order valence-corrected chi connectivity index (χ1v) is 9.98. The number of imidazole rings is 1. The van der Waals surface area contributed by atoms with Crippen molar-refractivity contribution in [1.29, 1.82) is 0 Å². The number of carbonyl (C=O) groups is 1. The Hall–Kier alpha value is -2.64. The molecule has 26 heavy (non-hydrogen) atoms. The second-order valence-electron chi connectivity index (χ2n) is 5.80. The lowest BCUT2D eigenvalue weighted by Crippen LogP contribution is -2.11. The lowest BCUT2D eigenvalue weighted by Gasteiger charge is -2.06. The number of thiazole rings is 1. The van der Waals surface area contributed by atoms with Gasteiger partial charge in [-0.1, -0.05) is 0 Å². The fourth-order valence-electron chi connectivity index (χ4n) is 2.59. The fourth-order valence-corrected chi connectivity index (χ4v) is 4.05. The number of thioether (sulfide) groups is 1. The molecule has 1 amide bonds. The number of hydrogen-bond acceptors (Lipinski definition) is 5. The van der Waals surface area contributed by atoms with Crippen LogP contribution in [0.15, 0.2) is 58.3 Å². The average molecular weight is 380 g/mol. The molecule has 0 saturated carbocycles. The first kappa shape index (κ1) is 16.8. The predicted molar refractivity (Wildman–Crippen MR) is 107 cm³/mol. The van der Waals surface area contributed by atoms with Crippen molar-refractivity contribution in [2.24, 2.45) is 0 Å². The number of nitrogens with one attached hydrogen (secondary N) is 2. The minimum atomic E-state index is -0.128. The molecule has 2 heterocycles. The Balaban J connectivity index is 1.41. The van der Waals surface area contributed by atoms with Gasteiger partial charge in [0.2, 0.25) is 0 Å². The van der Waals surface area contributed by atoms with E-state index in [4.69, 9.17) is 0 Å². The second kappa shape index (κ2) is 7.31. The van der Waals surface area contributed by atoms with E-state index in [0.717, 1.165) is 38.9 Å². The van der Waals surface area contributed by atoms with Crippen molar-refractivity contribution >= 4 is 45.7 Å². The van der Waals surface area contributed by atoms with Crippen molar-refractivity contribution in [3.63, 3.8) is 0 Å². The maximum absolute atomic E-state index is 12.5. The van der Waals surface area contributed by atoms with Crippen LogP contribution in [0.3, 0.4) is 0 Å². The summed E-state index contributed by atoms with van der Waals surface area (Å²) < 4.78 is 0. The highest BCUT2D eigenvalue weighted by Gasteiger charge is 2.08. The topological polar surface area (TPSA) is 70.7 Å². The molecule has 0 aliphatic carbocycles. The maximum Gasteiger partial charge on any atom is 0.255 e. The summed E-state index contributed by atoms with van der Waals surface area (Å²) >= 11 is 3.31. The summed E-state index contributed by atoms with van der Waals surface area (Å²) in [6.45, 7) is 1.91. The maximum atomic E-state index is 12.5. The third-order valence-electron chi connectivity index (χ3n) is 3.84. The zero-order valence-electron chi connectivity index (χ0n) is 14.0. The summed E-state index contributed by atoms with van der Waals surface area (Å²) in [5.41, 5.74) is 6.09. The van der Waals surface area contributed by atoms with E-state index in [1.807, 2.05) is 60.3 Å². The Morgan fingerprint density at radius 1 is 1.23 bits per heavy atom. The average Bonchev–Trinajstić information content (AvgIpc) is 3.28. The van der Waals surface area contributed by atoms with Crippen molar-refractivity contribution in [1.82, 2.24) is 15.0 Å². The standard InChI is InChI=1S/C19H16N4OS2/c1-12-21-17-7-4-14(8-18(17)22-12)23-19(24)13-2-5-16(6-3-13)26-10-15-9-25-11-20-15/h2-9,11H,10H2,1H3,(H,21,22)(H,23,24). The van der Waals surface area contributed by atoms with Gasteiger partial charge in [0.15, 0.2) is 0 Å². The third kappa shape index (κ3) is 3.79. The van der Waals surface area contributed by atoms with Crippen LogP contribution in [0.1, 0.15) is 21.9 Å². The number of benzene rings is 2. The van der Waals surface area contributed by atoms with E-state index >= 15 is 0 Å². The summed E-state index contributed by atoms with van der Waals surface area (Å²) in [5, 5.41) is 4.98. The summed E-state index contributed by atoms with van der Waals surface area (Å²) in [4.78, 5) is 25.4. The number of amides is 1. The number of hydrogen-bond donors (Lipinski definition) is 2. The summed E-state index contributed by atoms with van der Waals surface area (Å²) in [7, 11) is 0. The van der Waals surface area contributed by atoms with E-state index in [2.05, 4.69) is 20.3 Å². The van der Waals surface area contributed by atoms with Crippen LogP contribution in [0, 0.1) is 6.92 Å². The van der Waals surface area contributed by atoms with Crippen molar-refractivity contribution in [2.75, 3.05) is 5.32 Å². The van der Waals surface area contributed by atoms with Crippen LogP contribution in [0.2, 0.25) is 0 Å². The molecule has 4 rings (SSSR count). The second-order valence-corrected chi connectivity index (χ2v) is 7.57. The molecule has 0 unspecified atom stereocenters. The largest absolute Gasteiger partial charge is 0.342 e. The van der Waals surface area contributed by atoms with E-state index < -0.39 is 0 Å². The first-order valence-electron chi connectivity index (χ1n) is 8.05. The molecule has 4 aromatic rings. The summed E-state index contributed by atoms with van der Waals surface area (Å²) in [6, 6.07) is 13.3. The molecule has 0 aliphatic rings. The molecule has 0 radical (unpaired) electrons. The lowest BCUT2D eigenvalue weighted by molar-refractivity contribution is 0.102. The molecule has 0 saturated heterocycles. The molecule has 2 N–H and O–H groups in total. The molecule has 130 valence electrons. The first-order chi connectivity index (χ1) is 12.7. The van der Waals surface area contributed by atoms with E-state index in [1.165, 1.54) is 0 Å². The van der Waals surface area contributed by atoms with Crippen LogP contribution in [0.4, 0.5) is 5.69 Å². The van der Waals surface area contributed by atoms with Gasteiger partial charge in [-0.2, -0.15) is 0 Å². The molecule has 0 spiro atoms. The molecule has 2 aromatic heterocycles. The van der Waals surface area contributed by atoms with Gasteiger partial charge in [0.25, 0.3) is 5.91 Å². The monoisotopic (exact) mass is 380 g/mol. The Labute approximate surface area is 158 Å². The van der Waals surface area contributed by atoms with Crippen molar-refractivity contribution in [2.45, 2.75) is 17.6 Å². The molecule has 0 aliphatic heterocycles. The normalized spacial score (nSPS) is 11.0. The third-order valence-corrected chi connectivity index (χ3v) is 5.53. The Morgan fingerprint density at radius 3 is 2.85 bits per heavy atom. The van der Waals surface area contributed by atoms with Crippen LogP contribution in [-0.4, -0.2) is 20.9 Å². The summed E-state index contributed by atoms with van der Waals surface area (Å²) in [5.74, 6) is 1.56. The van der Waals surface area contributed by atoms with Gasteiger partial charge in [0.05, 0.1) is 22.2 Å². The molecule has 0 fully saturated rings. The zero-order valence-corrected chi connectivity index (χ0v) is 15.7. The Bertz CT molecular complexity index is 1040. The molecular weight excluding hydrogens is 364 g/mol. The van der Waals surface area contributed by atoms with E-state index in [0.29, 0.717) is 5.56 Å². The highest BCUT2D eigenvalue weighted by atomic mass is 32.2. The molecule has 0 bridgehead atoms. The predicted octanol–water partition coefficient (Wildman–Crippen LogP) is 4.87. The quantitative estimate of drug-likeness (QED) is 0.485. The van der Waals surface area contributed by atoms with Crippen LogP contribution in [0.5, 0.6) is 0 Å². The molecule has 2 aromatic carbocycles. The van der Waals surface area contributed by atoms with Crippen molar-refractivity contribution in [3.05, 3.63) is 70.4 Å². The number of aromatic amines is 1. The minimum absolute atomic E-state index is 0.128. The molecule has 7 heteroatoms. The van der Waals surface area contributed by atoms with Gasteiger partial charge in [-0.3, -0.25) is 4.79 Å².